The highest BCUT2D eigenvalue weighted by Crippen LogP contribution is 2.25. The fourth-order valence-corrected chi connectivity index (χ4v) is 1.81. The van der Waals surface area contributed by atoms with E-state index in [9.17, 15) is 0 Å². The lowest BCUT2D eigenvalue weighted by Gasteiger charge is -2.02. The number of H-pyrrole nitrogens is 1. The van der Waals surface area contributed by atoms with E-state index in [2.05, 4.69) is 19.9 Å². The molecular formula is C11H7ClN4. The number of nitrogens with zero attached hydrogens (tertiary/aromatic N) is 3. The van der Waals surface area contributed by atoms with Crippen molar-refractivity contribution in [3.63, 3.8) is 0 Å². The molecule has 78 valence electrons. The molecule has 1 N–H and O–H groups in total. The zero-order valence-corrected chi connectivity index (χ0v) is 8.94. The smallest absolute Gasteiger partial charge is 0.223 e. The van der Waals surface area contributed by atoms with Crippen LogP contribution in [0.5, 0.6) is 0 Å². The van der Waals surface area contributed by atoms with Gasteiger partial charge in [0.15, 0.2) is 0 Å². The monoisotopic (exact) mass is 230 g/mol. The number of rotatable bonds is 1. The van der Waals surface area contributed by atoms with Crippen LogP contribution in [0, 0.1) is 0 Å². The van der Waals surface area contributed by atoms with Crippen LogP contribution in [-0.2, 0) is 0 Å². The van der Waals surface area contributed by atoms with Crippen molar-refractivity contribution >= 4 is 22.6 Å². The van der Waals surface area contributed by atoms with Crippen molar-refractivity contribution in [2.24, 2.45) is 0 Å². The molecule has 5 heteroatoms. The topological polar surface area (TPSA) is 54.5 Å². The Labute approximate surface area is 96.3 Å². The fraction of sp³-hybridized carbons (Fsp3) is 0. The number of fused-ring (bicyclic) bond motifs is 1. The minimum absolute atomic E-state index is 0.249. The van der Waals surface area contributed by atoms with Gasteiger partial charge >= 0.3 is 0 Å². The Morgan fingerprint density at radius 1 is 1.06 bits per heavy atom. The predicted octanol–water partition coefficient (Wildman–Crippen LogP) is 2.67. The van der Waals surface area contributed by atoms with Crippen molar-refractivity contribution < 1.29 is 0 Å². The molecule has 16 heavy (non-hydrogen) atoms. The largest absolute Gasteiger partial charge is 0.358 e. The molecule has 3 aromatic rings. The molecular weight excluding hydrogens is 224 g/mol. The van der Waals surface area contributed by atoms with Crippen LogP contribution in [0.15, 0.2) is 36.8 Å². The molecule has 0 saturated carbocycles. The Morgan fingerprint density at radius 2 is 1.88 bits per heavy atom. The first-order chi connectivity index (χ1) is 7.84. The third-order valence-corrected chi connectivity index (χ3v) is 2.50. The maximum Gasteiger partial charge on any atom is 0.223 e. The summed E-state index contributed by atoms with van der Waals surface area (Å²) in [6.07, 6.45) is 5.26. The molecule has 0 aliphatic rings. The van der Waals surface area contributed by atoms with Crippen molar-refractivity contribution in [2.75, 3.05) is 0 Å². The highest BCUT2D eigenvalue weighted by molar-refractivity contribution is 6.28. The minimum Gasteiger partial charge on any atom is -0.358 e. The summed E-state index contributed by atoms with van der Waals surface area (Å²) < 4.78 is 0. The molecule has 0 spiro atoms. The van der Waals surface area contributed by atoms with Crippen LogP contribution < -0.4 is 0 Å². The van der Waals surface area contributed by atoms with Gasteiger partial charge in [-0.1, -0.05) is 0 Å². The van der Waals surface area contributed by atoms with Crippen LogP contribution in [0.1, 0.15) is 0 Å². The third kappa shape index (κ3) is 1.44. The van der Waals surface area contributed by atoms with E-state index in [0.29, 0.717) is 0 Å². The average Bonchev–Trinajstić information content (AvgIpc) is 2.77. The van der Waals surface area contributed by atoms with Crippen LogP contribution in [0.3, 0.4) is 0 Å². The lowest BCUT2D eigenvalue weighted by molar-refractivity contribution is 1.21. The highest BCUT2D eigenvalue weighted by atomic mass is 35.5. The van der Waals surface area contributed by atoms with E-state index < -0.39 is 0 Å². The zero-order chi connectivity index (χ0) is 11.0. The van der Waals surface area contributed by atoms with E-state index in [4.69, 9.17) is 11.6 Å². The Morgan fingerprint density at radius 3 is 2.69 bits per heavy atom. The van der Waals surface area contributed by atoms with Gasteiger partial charge in [0.1, 0.15) is 0 Å². The molecule has 0 bridgehead atoms. The molecule has 3 heterocycles. The second-order valence-electron chi connectivity index (χ2n) is 3.32. The fourth-order valence-electron chi connectivity index (χ4n) is 1.64. The number of nitrogens with one attached hydrogen (secondary N) is 1. The van der Waals surface area contributed by atoms with Gasteiger partial charge in [-0.25, -0.2) is 9.97 Å². The zero-order valence-electron chi connectivity index (χ0n) is 8.18. The molecule has 0 aliphatic carbocycles. The van der Waals surface area contributed by atoms with Crippen LogP contribution in [0.25, 0.3) is 22.3 Å². The second-order valence-corrected chi connectivity index (χ2v) is 3.65. The molecule has 0 aliphatic heterocycles. The molecule has 3 aromatic heterocycles. The number of aromatic amines is 1. The van der Waals surface area contributed by atoms with Gasteiger partial charge in [-0.15, -0.1) is 0 Å². The first kappa shape index (κ1) is 9.30. The first-order valence-electron chi connectivity index (χ1n) is 4.75. The SMILES string of the molecule is Clc1nc(-c2ccncc2)c2[nH]ccc2n1. The molecule has 3 rings (SSSR count). The van der Waals surface area contributed by atoms with Gasteiger partial charge in [-0.05, 0) is 29.8 Å². The lowest BCUT2D eigenvalue weighted by atomic mass is 10.2. The lowest BCUT2D eigenvalue weighted by Crippen LogP contribution is -1.90. The molecule has 0 unspecified atom stereocenters. The Hall–Kier alpha value is -1.94. The Balaban J connectivity index is 2.34. The molecule has 0 radical (unpaired) electrons. The van der Waals surface area contributed by atoms with Gasteiger partial charge < -0.3 is 4.98 Å². The molecule has 0 saturated heterocycles. The quantitative estimate of drug-likeness (QED) is 0.654. The summed E-state index contributed by atoms with van der Waals surface area (Å²) in [4.78, 5) is 15.5. The second kappa shape index (κ2) is 3.57. The summed E-state index contributed by atoms with van der Waals surface area (Å²) in [6, 6.07) is 5.64. The van der Waals surface area contributed by atoms with E-state index in [1.165, 1.54) is 0 Å². The van der Waals surface area contributed by atoms with Crippen LogP contribution in [0.4, 0.5) is 0 Å². The summed E-state index contributed by atoms with van der Waals surface area (Å²) in [7, 11) is 0. The number of aromatic nitrogens is 4. The summed E-state index contributed by atoms with van der Waals surface area (Å²) in [5.74, 6) is 0. The van der Waals surface area contributed by atoms with Gasteiger partial charge in [0, 0.05) is 24.2 Å². The summed E-state index contributed by atoms with van der Waals surface area (Å²) in [6.45, 7) is 0. The molecule has 4 nitrogen and oxygen atoms in total. The number of hydrogen-bond donors (Lipinski definition) is 1. The molecule has 0 aromatic carbocycles. The van der Waals surface area contributed by atoms with Gasteiger partial charge in [-0.2, -0.15) is 0 Å². The van der Waals surface area contributed by atoms with Gasteiger partial charge in [0.25, 0.3) is 0 Å². The maximum atomic E-state index is 5.88. The van der Waals surface area contributed by atoms with Crippen LogP contribution in [0.2, 0.25) is 5.28 Å². The van der Waals surface area contributed by atoms with Crippen molar-refractivity contribution in [3.8, 4) is 11.3 Å². The summed E-state index contributed by atoms with van der Waals surface area (Å²) in [5.41, 5.74) is 3.46. The van der Waals surface area contributed by atoms with Crippen LogP contribution in [-0.4, -0.2) is 19.9 Å². The van der Waals surface area contributed by atoms with E-state index in [1.807, 2.05) is 24.4 Å². The van der Waals surface area contributed by atoms with E-state index in [0.717, 1.165) is 22.3 Å². The van der Waals surface area contributed by atoms with Gasteiger partial charge in [0.2, 0.25) is 5.28 Å². The predicted molar refractivity (Wildman–Crippen MR) is 62.1 cm³/mol. The molecule has 0 amide bonds. The standard InChI is InChI=1S/C11H7ClN4/c12-11-15-8-3-6-14-10(8)9(16-11)7-1-4-13-5-2-7/h1-6,14H. The van der Waals surface area contributed by atoms with Crippen molar-refractivity contribution in [1.82, 2.24) is 19.9 Å². The minimum atomic E-state index is 0.249. The van der Waals surface area contributed by atoms with E-state index in [1.54, 1.807) is 12.4 Å². The molecule has 0 fully saturated rings. The van der Waals surface area contributed by atoms with Gasteiger partial charge in [-0.3, -0.25) is 4.98 Å². The van der Waals surface area contributed by atoms with E-state index in [-0.39, 0.29) is 5.28 Å². The van der Waals surface area contributed by atoms with Crippen molar-refractivity contribution in [2.45, 2.75) is 0 Å². The summed E-state index contributed by atoms with van der Waals surface area (Å²) in [5, 5.41) is 0.249. The first-order valence-corrected chi connectivity index (χ1v) is 5.13. The average molecular weight is 231 g/mol. The molecule has 0 atom stereocenters. The van der Waals surface area contributed by atoms with Crippen molar-refractivity contribution in [3.05, 3.63) is 42.1 Å². The van der Waals surface area contributed by atoms with Gasteiger partial charge in [0.05, 0.1) is 16.7 Å². The highest BCUT2D eigenvalue weighted by Gasteiger charge is 2.09. The van der Waals surface area contributed by atoms with E-state index >= 15 is 0 Å². The third-order valence-electron chi connectivity index (χ3n) is 2.33. The Bertz CT molecular complexity index is 633. The maximum absolute atomic E-state index is 5.88. The van der Waals surface area contributed by atoms with Crippen LogP contribution >= 0.6 is 11.6 Å². The number of halogens is 1. The number of pyridine rings is 1. The van der Waals surface area contributed by atoms with Crippen molar-refractivity contribution in [1.29, 1.82) is 0 Å². The summed E-state index contributed by atoms with van der Waals surface area (Å²) >= 11 is 5.88. The Kier molecular flexibility index (Phi) is 2.08. The normalized spacial score (nSPS) is 10.8. The number of hydrogen-bond acceptors (Lipinski definition) is 3.